The molecule has 1 heterocycles. The maximum atomic E-state index is 12.9. The topological polar surface area (TPSA) is 24.4 Å². The summed E-state index contributed by atoms with van der Waals surface area (Å²) in [5, 5.41) is 5.02. The van der Waals surface area contributed by atoms with Gasteiger partial charge in [-0.25, -0.2) is 4.39 Å². The van der Waals surface area contributed by atoms with Crippen molar-refractivity contribution in [2.24, 2.45) is 10.9 Å². The molecule has 0 spiro atoms. The van der Waals surface area contributed by atoms with Crippen molar-refractivity contribution in [3.8, 4) is 0 Å². The summed E-state index contributed by atoms with van der Waals surface area (Å²) in [6.07, 6.45) is 1.20. The minimum atomic E-state index is -0.194. The highest BCUT2D eigenvalue weighted by molar-refractivity contribution is 8.14. The van der Waals surface area contributed by atoms with Crippen molar-refractivity contribution in [1.29, 1.82) is 0 Å². The maximum Gasteiger partial charge on any atom is 0.157 e. The summed E-state index contributed by atoms with van der Waals surface area (Å²) < 4.78 is 12.9. The van der Waals surface area contributed by atoms with Crippen molar-refractivity contribution in [3.63, 3.8) is 0 Å². The molecule has 1 aromatic carbocycles. The molecular formula is C15H21FN2S. The van der Waals surface area contributed by atoms with E-state index in [4.69, 9.17) is 0 Å². The molecule has 1 aliphatic rings. The van der Waals surface area contributed by atoms with Crippen LogP contribution in [0.3, 0.4) is 0 Å². The van der Waals surface area contributed by atoms with Crippen LogP contribution in [0.4, 0.5) is 4.39 Å². The number of hydrogen-bond donors (Lipinski definition) is 1. The predicted molar refractivity (Wildman–Crippen MR) is 81.1 cm³/mol. The van der Waals surface area contributed by atoms with Crippen molar-refractivity contribution in [1.82, 2.24) is 5.32 Å². The van der Waals surface area contributed by atoms with E-state index in [0.29, 0.717) is 11.2 Å². The number of halogens is 1. The van der Waals surface area contributed by atoms with E-state index in [-0.39, 0.29) is 11.9 Å². The fourth-order valence-corrected chi connectivity index (χ4v) is 3.51. The van der Waals surface area contributed by atoms with Gasteiger partial charge in [-0.1, -0.05) is 37.7 Å². The van der Waals surface area contributed by atoms with E-state index < -0.39 is 0 Å². The lowest BCUT2D eigenvalue weighted by molar-refractivity contribution is 0.575. The first kappa shape index (κ1) is 14.4. The molecule has 0 fully saturated rings. The van der Waals surface area contributed by atoms with E-state index >= 15 is 0 Å². The van der Waals surface area contributed by atoms with Gasteiger partial charge in [-0.05, 0) is 37.0 Å². The SMILES string of the molecule is CC(C)CC1CN=C(NC(C)c2ccc(F)cc2)S1. The Morgan fingerprint density at radius 2 is 2.00 bits per heavy atom. The Morgan fingerprint density at radius 1 is 1.32 bits per heavy atom. The van der Waals surface area contributed by atoms with Crippen molar-refractivity contribution in [3.05, 3.63) is 35.6 Å². The molecule has 1 N–H and O–H groups in total. The monoisotopic (exact) mass is 280 g/mol. The van der Waals surface area contributed by atoms with E-state index in [0.717, 1.165) is 17.3 Å². The molecule has 2 atom stereocenters. The minimum Gasteiger partial charge on any atom is -0.358 e. The average Bonchev–Trinajstić information content (AvgIpc) is 2.76. The molecule has 2 unspecified atom stereocenters. The summed E-state index contributed by atoms with van der Waals surface area (Å²) in [7, 11) is 0. The molecule has 0 radical (unpaired) electrons. The number of nitrogens with zero attached hydrogens (tertiary/aromatic N) is 1. The number of hydrogen-bond acceptors (Lipinski definition) is 3. The maximum absolute atomic E-state index is 12.9. The van der Waals surface area contributed by atoms with Gasteiger partial charge >= 0.3 is 0 Å². The third kappa shape index (κ3) is 4.23. The van der Waals surface area contributed by atoms with E-state index in [9.17, 15) is 4.39 Å². The number of thioether (sulfide) groups is 1. The summed E-state index contributed by atoms with van der Waals surface area (Å²) >= 11 is 1.83. The van der Waals surface area contributed by atoms with Gasteiger partial charge in [0.05, 0.1) is 12.6 Å². The second-order valence-corrected chi connectivity index (χ2v) is 6.72. The molecule has 0 amide bonds. The molecule has 2 nitrogen and oxygen atoms in total. The van der Waals surface area contributed by atoms with Gasteiger partial charge < -0.3 is 5.32 Å². The zero-order valence-electron chi connectivity index (χ0n) is 11.7. The largest absolute Gasteiger partial charge is 0.358 e. The van der Waals surface area contributed by atoms with E-state index in [2.05, 4.69) is 31.1 Å². The molecule has 2 rings (SSSR count). The van der Waals surface area contributed by atoms with Crippen LogP contribution in [0, 0.1) is 11.7 Å². The van der Waals surface area contributed by atoms with Crippen LogP contribution >= 0.6 is 11.8 Å². The standard InChI is InChI=1S/C15H21FN2S/c1-10(2)8-14-9-17-15(19-14)18-11(3)12-4-6-13(16)7-5-12/h4-7,10-11,14H,8-9H2,1-3H3,(H,17,18). The molecule has 0 saturated heterocycles. The molecule has 0 saturated carbocycles. The molecule has 1 aromatic rings. The fourth-order valence-electron chi connectivity index (χ4n) is 2.17. The Bertz CT molecular complexity index is 442. The molecule has 0 aromatic heterocycles. The predicted octanol–water partition coefficient (Wildman–Crippen LogP) is 3.99. The van der Waals surface area contributed by atoms with Crippen LogP contribution in [0.25, 0.3) is 0 Å². The van der Waals surface area contributed by atoms with Gasteiger partial charge in [-0.2, -0.15) is 0 Å². The summed E-state index contributed by atoms with van der Waals surface area (Å²) in [5.41, 5.74) is 1.08. The summed E-state index contributed by atoms with van der Waals surface area (Å²) in [4.78, 5) is 4.55. The van der Waals surface area contributed by atoms with Crippen LogP contribution in [-0.4, -0.2) is 17.0 Å². The Hall–Kier alpha value is -1.03. The van der Waals surface area contributed by atoms with Crippen molar-refractivity contribution in [2.75, 3.05) is 6.54 Å². The van der Waals surface area contributed by atoms with Crippen LogP contribution < -0.4 is 5.32 Å². The molecular weight excluding hydrogens is 259 g/mol. The second kappa shape index (κ2) is 6.42. The summed E-state index contributed by atoms with van der Waals surface area (Å²) in [6.45, 7) is 7.47. The molecule has 19 heavy (non-hydrogen) atoms. The first-order valence-corrected chi connectivity index (χ1v) is 7.65. The molecule has 0 bridgehead atoms. The van der Waals surface area contributed by atoms with Crippen LogP contribution in [0.15, 0.2) is 29.3 Å². The smallest absolute Gasteiger partial charge is 0.157 e. The first-order chi connectivity index (χ1) is 9.04. The van der Waals surface area contributed by atoms with Crippen molar-refractivity contribution in [2.45, 2.75) is 38.5 Å². The second-order valence-electron chi connectivity index (χ2n) is 5.43. The van der Waals surface area contributed by atoms with E-state index in [1.807, 2.05) is 23.9 Å². The molecule has 0 aliphatic carbocycles. The minimum absolute atomic E-state index is 0.157. The number of rotatable bonds is 4. The average molecular weight is 280 g/mol. The summed E-state index contributed by atoms with van der Waals surface area (Å²) in [6, 6.07) is 6.79. The number of benzene rings is 1. The fraction of sp³-hybridized carbons (Fsp3) is 0.533. The number of nitrogens with one attached hydrogen (secondary N) is 1. The lowest BCUT2D eigenvalue weighted by atomic mass is 10.1. The highest BCUT2D eigenvalue weighted by Gasteiger charge is 2.21. The number of aliphatic imine (C=N–C) groups is 1. The third-order valence-electron chi connectivity index (χ3n) is 3.16. The molecule has 4 heteroatoms. The lowest BCUT2D eigenvalue weighted by Gasteiger charge is -2.16. The van der Waals surface area contributed by atoms with Gasteiger partial charge in [0.25, 0.3) is 0 Å². The Kier molecular flexibility index (Phi) is 4.86. The van der Waals surface area contributed by atoms with Crippen LogP contribution in [0.5, 0.6) is 0 Å². The Morgan fingerprint density at radius 3 is 2.63 bits per heavy atom. The van der Waals surface area contributed by atoms with Crippen LogP contribution in [0.1, 0.15) is 38.8 Å². The normalized spacial score (nSPS) is 20.5. The van der Waals surface area contributed by atoms with Gasteiger partial charge in [-0.15, -0.1) is 0 Å². The highest BCUT2D eigenvalue weighted by Crippen LogP contribution is 2.27. The zero-order valence-corrected chi connectivity index (χ0v) is 12.5. The Labute approximate surface area is 118 Å². The van der Waals surface area contributed by atoms with Crippen LogP contribution in [0.2, 0.25) is 0 Å². The van der Waals surface area contributed by atoms with Gasteiger partial charge in [-0.3, -0.25) is 4.99 Å². The molecule has 1 aliphatic heterocycles. The summed E-state index contributed by atoms with van der Waals surface area (Å²) in [5.74, 6) is 0.516. The third-order valence-corrected chi connectivity index (χ3v) is 4.31. The van der Waals surface area contributed by atoms with Crippen molar-refractivity contribution >= 4 is 16.9 Å². The Balaban J connectivity index is 1.87. The van der Waals surface area contributed by atoms with Crippen LogP contribution in [-0.2, 0) is 0 Å². The van der Waals surface area contributed by atoms with Gasteiger partial charge in [0.2, 0.25) is 0 Å². The van der Waals surface area contributed by atoms with E-state index in [1.165, 1.54) is 18.6 Å². The first-order valence-electron chi connectivity index (χ1n) is 6.77. The highest BCUT2D eigenvalue weighted by atomic mass is 32.2. The zero-order chi connectivity index (χ0) is 13.8. The quantitative estimate of drug-likeness (QED) is 0.901. The van der Waals surface area contributed by atoms with Gasteiger partial charge in [0.15, 0.2) is 5.17 Å². The van der Waals surface area contributed by atoms with Gasteiger partial charge in [0.1, 0.15) is 5.82 Å². The number of amidine groups is 1. The molecule has 104 valence electrons. The van der Waals surface area contributed by atoms with Gasteiger partial charge in [0, 0.05) is 5.25 Å². The van der Waals surface area contributed by atoms with Crippen molar-refractivity contribution < 1.29 is 4.39 Å². The lowest BCUT2D eigenvalue weighted by Crippen LogP contribution is -2.23. The van der Waals surface area contributed by atoms with E-state index in [1.54, 1.807) is 0 Å².